The summed E-state index contributed by atoms with van der Waals surface area (Å²) in [6, 6.07) is 8.05. The van der Waals surface area contributed by atoms with Crippen LogP contribution in [-0.4, -0.2) is 37.8 Å². The van der Waals surface area contributed by atoms with Gasteiger partial charge in [0.15, 0.2) is 0 Å². The summed E-state index contributed by atoms with van der Waals surface area (Å²) in [5.41, 5.74) is 2.18. The van der Waals surface area contributed by atoms with Crippen molar-refractivity contribution in [1.82, 2.24) is 15.1 Å². The second-order valence-electron chi connectivity index (χ2n) is 8.20. The number of aromatic nitrogens is 2. The van der Waals surface area contributed by atoms with Gasteiger partial charge in [-0.3, -0.25) is 14.5 Å². The van der Waals surface area contributed by atoms with Crippen molar-refractivity contribution in [3.05, 3.63) is 45.3 Å². The van der Waals surface area contributed by atoms with Gasteiger partial charge in [0.1, 0.15) is 9.33 Å². The molecule has 32 heavy (non-hydrogen) atoms. The van der Waals surface area contributed by atoms with Crippen molar-refractivity contribution in [1.29, 1.82) is 0 Å². The van der Waals surface area contributed by atoms with E-state index in [1.54, 1.807) is 4.90 Å². The van der Waals surface area contributed by atoms with E-state index in [2.05, 4.69) is 29.4 Å². The number of nitrogens with one attached hydrogen (secondary N) is 1. The number of unbranched alkanes of at least 4 members (excludes halogenated alkanes) is 2. The molecule has 0 saturated carbocycles. The van der Waals surface area contributed by atoms with Crippen LogP contribution in [0.5, 0.6) is 0 Å². The van der Waals surface area contributed by atoms with Gasteiger partial charge in [-0.1, -0.05) is 85.4 Å². The lowest BCUT2D eigenvalue weighted by molar-refractivity contribution is -0.122. The van der Waals surface area contributed by atoms with Crippen molar-refractivity contribution < 1.29 is 9.59 Å². The Balaban J connectivity index is 1.38. The second kappa shape index (κ2) is 11.7. The predicted molar refractivity (Wildman–Crippen MR) is 137 cm³/mol. The van der Waals surface area contributed by atoms with E-state index in [0.717, 1.165) is 36.3 Å². The first-order valence-corrected chi connectivity index (χ1v) is 12.8. The van der Waals surface area contributed by atoms with Crippen LogP contribution in [0.25, 0.3) is 6.08 Å². The number of benzene rings is 1. The molecule has 1 aliphatic rings. The maximum atomic E-state index is 12.7. The summed E-state index contributed by atoms with van der Waals surface area (Å²) in [5, 5.41) is 12.5. The van der Waals surface area contributed by atoms with E-state index in [0.29, 0.717) is 33.2 Å². The highest BCUT2D eigenvalue weighted by molar-refractivity contribution is 8.26. The number of carbonyl (C=O) groups excluding carboxylic acids is 2. The van der Waals surface area contributed by atoms with Gasteiger partial charge in [0.2, 0.25) is 11.0 Å². The van der Waals surface area contributed by atoms with Crippen LogP contribution < -0.4 is 5.32 Å². The zero-order valence-electron chi connectivity index (χ0n) is 18.6. The summed E-state index contributed by atoms with van der Waals surface area (Å²) in [5.74, 6) is 0.421. The molecule has 2 heterocycles. The number of rotatable bonds is 10. The van der Waals surface area contributed by atoms with Gasteiger partial charge >= 0.3 is 0 Å². The Labute approximate surface area is 202 Å². The number of amides is 2. The molecule has 1 aliphatic heterocycles. The number of thiocarbonyl (C=S) groups is 1. The van der Waals surface area contributed by atoms with Gasteiger partial charge in [0, 0.05) is 19.4 Å². The molecule has 1 fully saturated rings. The zero-order valence-corrected chi connectivity index (χ0v) is 21.0. The molecule has 3 rings (SSSR count). The van der Waals surface area contributed by atoms with Gasteiger partial charge in [-0.05, 0) is 37.3 Å². The fraction of sp³-hybridized carbons (Fsp3) is 0.435. The molecule has 9 heteroatoms. The van der Waals surface area contributed by atoms with Gasteiger partial charge in [-0.15, -0.1) is 10.2 Å². The lowest BCUT2D eigenvalue weighted by Crippen LogP contribution is -2.29. The van der Waals surface area contributed by atoms with Crippen molar-refractivity contribution >= 4 is 62.7 Å². The molecule has 1 aromatic carbocycles. The standard InChI is InChI=1S/C23H28N4O2S3/c1-15(2)13-20-25-26-22(32-20)24-19(28)7-5-4-6-12-27-21(29)18(31-23(27)30)14-17-10-8-16(3)9-11-17/h8-11,14-15H,4-7,12-13H2,1-3H3,(H,24,26,28)/b18-14-. The van der Waals surface area contributed by atoms with Gasteiger partial charge in [-0.2, -0.15) is 0 Å². The van der Waals surface area contributed by atoms with Gasteiger partial charge in [-0.25, -0.2) is 0 Å². The third kappa shape index (κ3) is 7.21. The minimum atomic E-state index is -0.0520. The number of nitrogens with zero attached hydrogens (tertiary/aromatic N) is 3. The van der Waals surface area contributed by atoms with E-state index in [9.17, 15) is 9.59 Å². The molecular weight excluding hydrogens is 460 g/mol. The molecule has 0 atom stereocenters. The van der Waals surface area contributed by atoms with Gasteiger partial charge in [0.05, 0.1) is 4.91 Å². The first-order chi connectivity index (χ1) is 15.3. The minimum Gasteiger partial charge on any atom is -0.301 e. The van der Waals surface area contributed by atoms with E-state index in [-0.39, 0.29) is 11.8 Å². The van der Waals surface area contributed by atoms with Crippen LogP contribution >= 0.6 is 35.3 Å². The maximum Gasteiger partial charge on any atom is 0.266 e. The fourth-order valence-corrected chi connectivity index (χ4v) is 5.43. The van der Waals surface area contributed by atoms with E-state index in [1.807, 2.05) is 37.3 Å². The van der Waals surface area contributed by atoms with Crippen molar-refractivity contribution in [2.24, 2.45) is 5.92 Å². The molecule has 0 spiro atoms. The number of hydrogen-bond donors (Lipinski definition) is 1. The van der Waals surface area contributed by atoms with Gasteiger partial charge < -0.3 is 5.32 Å². The number of carbonyl (C=O) groups is 2. The highest BCUT2D eigenvalue weighted by Crippen LogP contribution is 2.32. The largest absolute Gasteiger partial charge is 0.301 e. The predicted octanol–water partition coefficient (Wildman–Crippen LogP) is 5.45. The Morgan fingerprint density at radius 3 is 2.66 bits per heavy atom. The van der Waals surface area contributed by atoms with E-state index < -0.39 is 0 Å². The summed E-state index contributed by atoms with van der Waals surface area (Å²) in [6.45, 7) is 6.86. The quantitative estimate of drug-likeness (QED) is 0.272. The SMILES string of the molecule is Cc1ccc(/C=C2\SC(=S)N(CCCCCC(=O)Nc3nnc(CC(C)C)s3)C2=O)cc1. The Hall–Kier alpha value is -2.10. The molecular formula is C23H28N4O2S3. The molecule has 6 nitrogen and oxygen atoms in total. The fourth-order valence-electron chi connectivity index (χ4n) is 3.16. The Morgan fingerprint density at radius 2 is 1.94 bits per heavy atom. The number of aryl methyl sites for hydroxylation is 1. The average molecular weight is 489 g/mol. The van der Waals surface area contributed by atoms with Crippen LogP contribution in [-0.2, 0) is 16.0 Å². The molecule has 1 saturated heterocycles. The van der Waals surface area contributed by atoms with Crippen molar-refractivity contribution in [2.45, 2.75) is 52.9 Å². The van der Waals surface area contributed by atoms with Crippen LogP contribution in [0.1, 0.15) is 55.7 Å². The Morgan fingerprint density at radius 1 is 1.19 bits per heavy atom. The number of thioether (sulfide) groups is 1. The third-order valence-electron chi connectivity index (χ3n) is 4.83. The van der Waals surface area contributed by atoms with E-state index in [4.69, 9.17) is 12.2 Å². The first kappa shape index (κ1) is 24.5. The molecule has 170 valence electrons. The number of hydrogen-bond acceptors (Lipinski definition) is 7. The lowest BCUT2D eigenvalue weighted by Gasteiger charge is -2.14. The molecule has 1 aromatic heterocycles. The highest BCUT2D eigenvalue weighted by atomic mass is 32.2. The number of anilines is 1. The monoisotopic (exact) mass is 488 g/mol. The van der Waals surface area contributed by atoms with Gasteiger partial charge in [0.25, 0.3) is 5.91 Å². The summed E-state index contributed by atoms with van der Waals surface area (Å²) in [6.07, 6.45) is 5.57. The molecule has 0 aliphatic carbocycles. The average Bonchev–Trinajstić information content (AvgIpc) is 3.27. The van der Waals surface area contributed by atoms with Crippen LogP contribution in [0.15, 0.2) is 29.2 Å². The smallest absolute Gasteiger partial charge is 0.266 e. The molecule has 0 unspecified atom stereocenters. The molecule has 1 N–H and O–H groups in total. The highest BCUT2D eigenvalue weighted by Gasteiger charge is 2.31. The van der Waals surface area contributed by atoms with Crippen LogP contribution in [0.4, 0.5) is 5.13 Å². The van der Waals surface area contributed by atoms with E-state index >= 15 is 0 Å². The van der Waals surface area contributed by atoms with Crippen molar-refractivity contribution in [3.63, 3.8) is 0 Å². The van der Waals surface area contributed by atoms with Crippen LogP contribution in [0.3, 0.4) is 0 Å². The molecule has 0 radical (unpaired) electrons. The third-order valence-corrected chi connectivity index (χ3v) is 7.07. The minimum absolute atomic E-state index is 0.0354. The molecule has 2 amide bonds. The zero-order chi connectivity index (χ0) is 23.1. The van der Waals surface area contributed by atoms with Crippen molar-refractivity contribution in [3.8, 4) is 0 Å². The van der Waals surface area contributed by atoms with Crippen LogP contribution in [0.2, 0.25) is 0 Å². The summed E-state index contributed by atoms with van der Waals surface area (Å²) in [4.78, 5) is 27.2. The molecule has 2 aromatic rings. The first-order valence-electron chi connectivity index (χ1n) is 10.8. The maximum absolute atomic E-state index is 12.7. The van der Waals surface area contributed by atoms with Crippen molar-refractivity contribution in [2.75, 3.05) is 11.9 Å². The topological polar surface area (TPSA) is 75.2 Å². The Bertz CT molecular complexity index is 999. The lowest BCUT2D eigenvalue weighted by atomic mass is 10.1. The normalized spacial score (nSPS) is 15.2. The summed E-state index contributed by atoms with van der Waals surface area (Å²) in [7, 11) is 0. The Kier molecular flexibility index (Phi) is 8.95. The summed E-state index contributed by atoms with van der Waals surface area (Å²) >= 11 is 8.18. The molecule has 0 bridgehead atoms. The summed E-state index contributed by atoms with van der Waals surface area (Å²) < 4.78 is 0.597. The van der Waals surface area contributed by atoms with E-state index in [1.165, 1.54) is 28.7 Å². The second-order valence-corrected chi connectivity index (χ2v) is 10.9. The van der Waals surface area contributed by atoms with Crippen LogP contribution in [0, 0.1) is 12.8 Å².